The minimum Gasteiger partial charge on any atom is -0.481 e. The van der Waals surface area contributed by atoms with Crippen LogP contribution < -0.4 is 0 Å². The summed E-state index contributed by atoms with van der Waals surface area (Å²) in [6.07, 6.45) is 2.83. The van der Waals surface area contributed by atoms with E-state index in [2.05, 4.69) is 0 Å². The Morgan fingerprint density at radius 3 is 2.56 bits per heavy atom. The van der Waals surface area contributed by atoms with Crippen molar-refractivity contribution in [2.75, 3.05) is 13.1 Å². The molecule has 0 saturated carbocycles. The maximum Gasteiger partial charge on any atom is 0.323 e. The van der Waals surface area contributed by atoms with Gasteiger partial charge in [-0.3, -0.25) is 14.5 Å². The Kier molecular flexibility index (Phi) is 5.14. The molecule has 5 nitrogen and oxygen atoms in total. The number of nitrogens with zero attached hydrogens (tertiary/aromatic N) is 1. The number of rotatable bonds is 4. The van der Waals surface area contributed by atoms with E-state index in [0.717, 1.165) is 25.8 Å². The second kappa shape index (κ2) is 6.18. The number of esters is 1. The summed E-state index contributed by atoms with van der Waals surface area (Å²) < 4.78 is 5.39. The van der Waals surface area contributed by atoms with E-state index in [1.54, 1.807) is 0 Å². The van der Waals surface area contributed by atoms with Crippen molar-refractivity contribution in [2.45, 2.75) is 58.1 Å². The van der Waals surface area contributed by atoms with E-state index in [0.29, 0.717) is 6.54 Å². The monoisotopic (exact) mass is 257 g/mol. The van der Waals surface area contributed by atoms with Crippen LogP contribution >= 0.6 is 0 Å². The third-order valence-electron chi connectivity index (χ3n) is 2.91. The number of ether oxygens (including phenoxy) is 1. The predicted octanol–water partition coefficient (Wildman–Crippen LogP) is 1.66. The highest BCUT2D eigenvalue weighted by Crippen LogP contribution is 2.20. The number of likely N-dealkylation sites (tertiary alicyclic amines) is 1. The molecule has 0 aromatic rings. The highest BCUT2D eigenvalue weighted by atomic mass is 16.6. The van der Waals surface area contributed by atoms with E-state index in [9.17, 15) is 9.59 Å². The number of carboxylic acid groups (broad SMARTS) is 1. The van der Waals surface area contributed by atoms with Crippen LogP contribution in [0.25, 0.3) is 0 Å². The molecule has 1 heterocycles. The molecule has 104 valence electrons. The normalized spacial score (nSPS) is 21.6. The lowest BCUT2D eigenvalue weighted by Gasteiger charge is -2.35. The van der Waals surface area contributed by atoms with Crippen molar-refractivity contribution in [3.05, 3.63) is 0 Å². The first-order valence-electron chi connectivity index (χ1n) is 6.48. The minimum absolute atomic E-state index is 0.0687. The Bertz CT molecular complexity index is 309. The maximum atomic E-state index is 12.1. The van der Waals surface area contributed by atoms with Gasteiger partial charge in [0.15, 0.2) is 0 Å². The summed E-state index contributed by atoms with van der Waals surface area (Å²) in [5, 5.41) is 8.71. The van der Waals surface area contributed by atoms with E-state index in [1.807, 2.05) is 25.7 Å². The first kappa shape index (κ1) is 15.0. The smallest absolute Gasteiger partial charge is 0.323 e. The fourth-order valence-corrected chi connectivity index (χ4v) is 2.13. The molecule has 5 heteroatoms. The summed E-state index contributed by atoms with van der Waals surface area (Å²) in [6.45, 7) is 6.72. The van der Waals surface area contributed by atoms with Crippen LogP contribution in [0.5, 0.6) is 0 Å². The number of hydrogen-bond acceptors (Lipinski definition) is 4. The van der Waals surface area contributed by atoms with Crippen molar-refractivity contribution in [1.29, 1.82) is 0 Å². The van der Waals surface area contributed by atoms with Gasteiger partial charge in [-0.25, -0.2) is 0 Å². The average Bonchev–Trinajstić information content (AvgIpc) is 2.24. The van der Waals surface area contributed by atoms with Crippen LogP contribution in [0, 0.1) is 0 Å². The zero-order valence-electron chi connectivity index (χ0n) is 11.4. The summed E-state index contributed by atoms with van der Waals surface area (Å²) in [7, 11) is 0. The van der Waals surface area contributed by atoms with Crippen LogP contribution in [0.4, 0.5) is 0 Å². The third kappa shape index (κ3) is 5.04. The van der Waals surface area contributed by atoms with E-state index in [-0.39, 0.29) is 18.4 Å². The number of piperidine rings is 1. The van der Waals surface area contributed by atoms with E-state index in [4.69, 9.17) is 9.84 Å². The highest BCUT2D eigenvalue weighted by Gasteiger charge is 2.32. The number of aliphatic carboxylic acids is 1. The van der Waals surface area contributed by atoms with Crippen molar-refractivity contribution in [3.63, 3.8) is 0 Å². The lowest BCUT2D eigenvalue weighted by atomic mass is 10.0. The lowest BCUT2D eigenvalue weighted by Crippen LogP contribution is -2.47. The fraction of sp³-hybridized carbons (Fsp3) is 0.846. The van der Waals surface area contributed by atoms with E-state index >= 15 is 0 Å². The van der Waals surface area contributed by atoms with Crippen LogP contribution in [0.1, 0.15) is 46.5 Å². The number of carbonyl (C=O) groups is 2. The second-order valence-electron chi connectivity index (χ2n) is 5.72. The van der Waals surface area contributed by atoms with Crippen LogP contribution in [-0.2, 0) is 14.3 Å². The Hall–Kier alpha value is -1.10. The van der Waals surface area contributed by atoms with Crippen LogP contribution in [0.3, 0.4) is 0 Å². The molecule has 0 amide bonds. The molecule has 18 heavy (non-hydrogen) atoms. The standard InChI is InChI=1S/C13H23NO4/c1-13(2,3)18-12(17)10-6-4-5-8-14(10)9-7-11(15)16/h10H,4-9H2,1-3H3,(H,15,16). The van der Waals surface area contributed by atoms with Gasteiger partial charge in [-0.2, -0.15) is 0 Å². The molecule has 0 spiro atoms. The molecule has 1 rings (SSSR count). The molecule has 0 aromatic heterocycles. The molecule has 1 atom stereocenters. The summed E-state index contributed by atoms with van der Waals surface area (Å²) in [5.41, 5.74) is -0.493. The average molecular weight is 257 g/mol. The Balaban J connectivity index is 2.58. The quantitative estimate of drug-likeness (QED) is 0.776. The zero-order chi connectivity index (χ0) is 13.8. The molecule has 0 radical (unpaired) electrons. The van der Waals surface area contributed by atoms with Gasteiger partial charge in [-0.1, -0.05) is 6.42 Å². The molecular weight excluding hydrogens is 234 g/mol. The van der Waals surface area contributed by atoms with Gasteiger partial charge in [-0.15, -0.1) is 0 Å². The van der Waals surface area contributed by atoms with Crippen LogP contribution in [0.15, 0.2) is 0 Å². The van der Waals surface area contributed by atoms with E-state index < -0.39 is 11.6 Å². The first-order valence-corrected chi connectivity index (χ1v) is 6.48. The van der Waals surface area contributed by atoms with Gasteiger partial charge >= 0.3 is 11.9 Å². The molecule has 1 aliphatic rings. The SMILES string of the molecule is CC(C)(C)OC(=O)C1CCCCN1CCC(=O)O. The number of carboxylic acids is 1. The van der Waals surface area contributed by atoms with E-state index in [1.165, 1.54) is 0 Å². The van der Waals surface area contributed by atoms with Gasteiger partial charge in [0.25, 0.3) is 0 Å². The minimum atomic E-state index is -0.830. The molecule has 0 aliphatic carbocycles. The summed E-state index contributed by atoms with van der Waals surface area (Å²) in [5.74, 6) is -1.06. The first-order chi connectivity index (χ1) is 8.29. The summed E-state index contributed by atoms with van der Waals surface area (Å²) in [6, 6.07) is -0.280. The largest absolute Gasteiger partial charge is 0.481 e. The Morgan fingerprint density at radius 1 is 1.33 bits per heavy atom. The molecule has 1 aliphatic heterocycles. The van der Waals surface area contributed by atoms with Crippen molar-refractivity contribution in [1.82, 2.24) is 4.90 Å². The van der Waals surface area contributed by atoms with Crippen molar-refractivity contribution in [3.8, 4) is 0 Å². The molecular formula is C13H23NO4. The zero-order valence-corrected chi connectivity index (χ0v) is 11.4. The fourth-order valence-electron chi connectivity index (χ4n) is 2.13. The Labute approximate surface area is 108 Å². The molecule has 1 unspecified atom stereocenters. The van der Waals surface area contributed by atoms with Crippen LogP contribution in [0.2, 0.25) is 0 Å². The van der Waals surface area contributed by atoms with Gasteiger partial charge < -0.3 is 9.84 Å². The predicted molar refractivity (Wildman–Crippen MR) is 67.3 cm³/mol. The van der Waals surface area contributed by atoms with Gasteiger partial charge in [0.2, 0.25) is 0 Å². The molecule has 1 fully saturated rings. The third-order valence-corrected chi connectivity index (χ3v) is 2.91. The van der Waals surface area contributed by atoms with Gasteiger partial charge in [0.05, 0.1) is 6.42 Å². The van der Waals surface area contributed by atoms with Crippen molar-refractivity contribution >= 4 is 11.9 Å². The van der Waals surface area contributed by atoms with Crippen molar-refractivity contribution in [2.24, 2.45) is 0 Å². The lowest BCUT2D eigenvalue weighted by molar-refractivity contribution is -0.163. The topological polar surface area (TPSA) is 66.8 Å². The summed E-state index contributed by atoms with van der Waals surface area (Å²) in [4.78, 5) is 24.6. The number of carbonyl (C=O) groups excluding carboxylic acids is 1. The number of hydrogen-bond donors (Lipinski definition) is 1. The second-order valence-corrected chi connectivity index (χ2v) is 5.72. The van der Waals surface area contributed by atoms with Crippen molar-refractivity contribution < 1.29 is 19.4 Å². The van der Waals surface area contributed by atoms with Crippen LogP contribution in [-0.4, -0.2) is 46.7 Å². The summed E-state index contributed by atoms with van der Waals surface area (Å²) >= 11 is 0. The van der Waals surface area contributed by atoms with Gasteiger partial charge in [-0.05, 0) is 40.2 Å². The Morgan fingerprint density at radius 2 is 2.00 bits per heavy atom. The van der Waals surface area contributed by atoms with Gasteiger partial charge in [0.1, 0.15) is 11.6 Å². The molecule has 1 N–H and O–H groups in total. The highest BCUT2D eigenvalue weighted by molar-refractivity contribution is 5.76. The maximum absolute atomic E-state index is 12.1. The molecule has 0 aromatic carbocycles. The van der Waals surface area contributed by atoms with Gasteiger partial charge in [0, 0.05) is 6.54 Å². The molecule has 0 bridgehead atoms. The molecule has 1 saturated heterocycles.